The van der Waals surface area contributed by atoms with E-state index >= 15 is 0 Å². The van der Waals surface area contributed by atoms with Gasteiger partial charge in [-0.1, -0.05) is 0 Å². The predicted molar refractivity (Wildman–Crippen MR) is 83.3 cm³/mol. The number of thiophene rings is 1. The van der Waals surface area contributed by atoms with Crippen molar-refractivity contribution in [2.24, 2.45) is 0 Å². The molecule has 2 N–H and O–H groups in total. The Morgan fingerprint density at radius 3 is 3.25 bits per heavy atom. The number of hydrogen-bond donors (Lipinski definition) is 2. The van der Waals surface area contributed by atoms with Crippen LogP contribution in [0.5, 0.6) is 0 Å². The summed E-state index contributed by atoms with van der Waals surface area (Å²) >= 11 is 3.61. The van der Waals surface area contributed by atoms with Gasteiger partial charge in [-0.3, -0.25) is 0 Å². The van der Waals surface area contributed by atoms with Crippen molar-refractivity contribution in [1.82, 2.24) is 10.6 Å². The number of carbonyl (C=O) groups excluding carboxylic acids is 1. The van der Waals surface area contributed by atoms with Crippen molar-refractivity contribution >= 4 is 29.1 Å². The van der Waals surface area contributed by atoms with Crippen LogP contribution in [0, 0.1) is 0 Å². The van der Waals surface area contributed by atoms with Gasteiger partial charge in [-0.2, -0.15) is 23.1 Å². The lowest BCUT2D eigenvalue weighted by molar-refractivity contribution is -0.0684. The number of amides is 2. The molecule has 2 aliphatic heterocycles. The number of nitrogens with one attached hydrogen (secondary N) is 2. The number of ether oxygens (including phenoxy) is 1. The van der Waals surface area contributed by atoms with Crippen LogP contribution in [0.25, 0.3) is 0 Å². The minimum Gasteiger partial charge on any atom is -0.374 e. The van der Waals surface area contributed by atoms with Crippen LogP contribution < -0.4 is 10.6 Å². The second-order valence-corrected chi connectivity index (χ2v) is 7.37. The Balaban J connectivity index is 1.46. The highest BCUT2D eigenvalue weighted by Crippen LogP contribution is 2.38. The van der Waals surface area contributed by atoms with Crippen LogP contribution in [0.4, 0.5) is 4.79 Å². The molecule has 0 aliphatic carbocycles. The Morgan fingerprint density at radius 2 is 2.50 bits per heavy atom. The molecule has 1 aromatic heterocycles. The lowest BCUT2D eigenvalue weighted by Crippen LogP contribution is -2.50. The number of carbonyl (C=O) groups is 1. The Hall–Kier alpha value is -0.720. The van der Waals surface area contributed by atoms with Gasteiger partial charge in [-0.25, -0.2) is 4.79 Å². The summed E-state index contributed by atoms with van der Waals surface area (Å²) in [7, 11) is 0. The molecule has 0 saturated carbocycles. The van der Waals surface area contributed by atoms with E-state index in [2.05, 4.69) is 16.0 Å². The molecule has 0 aromatic carbocycles. The molecule has 2 amide bonds. The van der Waals surface area contributed by atoms with E-state index < -0.39 is 0 Å². The van der Waals surface area contributed by atoms with Gasteiger partial charge < -0.3 is 15.4 Å². The molecule has 110 valence electrons. The summed E-state index contributed by atoms with van der Waals surface area (Å²) in [4.78, 5) is 11.9. The average Bonchev–Trinajstić information content (AvgIpc) is 3.09. The summed E-state index contributed by atoms with van der Waals surface area (Å²) in [5, 5.41) is 10.1. The zero-order valence-electron chi connectivity index (χ0n) is 11.4. The Morgan fingerprint density at radius 1 is 1.55 bits per heavy atom. The van der Waals surface area contributed by atoms with Crippen LogP contribution in [-0.4, -0.2) is 35.8 Å². The summed E-state index contributed by atoms with van der Waals surface area (Å²) in [5.74, 6) is 2.25. The van der Waals surface area contributed by atoms with Gasteiger partial charge in [-0.05, 0) is 47.4 Å². The van der Waals surface area contributed by atoms with Crippen LogP contribution in [-0.2, 0) is 11.3 Å². The van der Waals surface area contributed by atoms with Crippen molar-refractivity contribution in [1.29, 1.82) is 0 Å². The van der Waals surface area contributed by atoms with E-state index in [1.807, 2.05) is 23.2 Å². The van der Waals surface area contributed by atoms with Gasteiger partial charge in [0.1, 0.15) is 0 Å². The third kappa shape index (κ3) is 3.48. The van der Waals surface area contributed by atoms with E-state index in [1.54, 1.807) is 11.3 Å². The zero-order valence-corrected chi connectivity index (χ0v) is 13.0. The fraction of sp³-hybridized carbons (Fsp3) is 0.643. The van der Waals surface area contributed by atoms with Gasteiger partial charge >= 0.3 is 6.03 Å². The molecular weight excluding hydrogens is 292 g/mol. The van der Waals surface area contributed by atoms with Gasteiger partial charge in [0.2, 0.25) is 0 Å². The maximum absolute atomic E-state index is 11.9. The first-order chi connectivity index (χ1) is 9.76. The van der Waals surface area contributed by atoms with Gasteiger partial charge in [0.15, 0.2) is 0 Å². The summed E-state index contributed by atoms with van der Waals surface area (Å²) in [6.45, 7) is 1.36. The Labute approximate surface area is 127 Å². The third-order valence-corrected chi connectivity index (χ3v) is 5.88. The van der Waals surface area contributed by atoms with Crippen molar-refractivity contribution in [3.8, 4) is 0 Å². The fourth-order valence-corrected chi connectivity index (χ4v) is 4.87. The smallest absolute Gasteiger partial charge is 0.315 e. The van der Waals surface area contributed by atoms with E-state index in [9.17, 15) is 4.79 Å². The molecule has 3 heterocycles. The summed E-state index contributed by atoms with van der Waals surface area (Å²) in [6.07, 6.45) is 2.98. The van der Waals surface area contributed by atoms with Crippen molar-refractivity contribution < 1.29 is 9.53 Å². The van der Waals surface area contributed by atoms with Gasteiger partial charge in [0, 0.05) is 24.9 Å². The molecular formula is C14H20N2O2S2. The van der Waals surface area contributed by atoms with Gasteiger partial charge in [0.05, 0.1) is 5.60 Å². The molecule has 20 heavy (non-hydrogen) atoms. The normalized spacial score (nSPS) is 29.5. The molecule has 4 nitrogen and oxygen atoms in total. The fourth-order valence-electron chi connectivity index (χ4n) is 2.83. The highest BCUT2D eigenvalue weighted by molar-refractivity contribution is 7.99. The van der Waals surface area contributed by atoms with Crippen molar-refractivity contribution in [2.45, 2.75) is 37.5 Å². The lowest BCUT2D eigenvalue weighted by Gasteiger charge is -2.37. The first-order valence-corrected chi connectivity index (χ1v) is 9.13. The molecule has 2 saturated heterocycles. The summed E-state index contributed by atoms with van der Waals surface area (Å²) < 4.78 is 5.97. The average molecular weight is 312 g/mol. The topological polar surface area (TPSA) is 50.4 Å². The van der Waals surface area contributed by atoms with Crippen molar-refractivity contribution in [3.63, 3.8) is 0 Å². The van der Waals surface area contributed by atoms with Crippen molar-refractivity contribution in [2.75, 3.05) is 18.1 Å². The van der Waals surface area contributed by atoms with Crippen LogP contribution >= 0.6 is 23.1 Å². The van der Waals surface area contributed by atoms with E-state index in [0.717, 1.165) is 37.2 Å². The van der Waals surface area contributed by atoms with Crippen LogP contribution in [0.2, 0.25) is 0 Å². The Bertz CT molecular complexity index is 444. The molecule has 1 spiro atoms. The SMILES string of the molecule is O=C(NCc1ccsc1)NC1CCOC2(CCSC2)C1. The molecule has 3 rings (SSSR count). The summed E-state index contributed by atoms with van der Waals surface area (Å²) in [6, 6.07) is 2.21. The third-order valence-electron chi connectivity index (χ3n) is 3.93. The first-order valence-electron chi connectivity index (χ1n) is 7.03. The second kappa shape index (κ2) is 6.37. The minimum absolute atomic E-state index is 0.0220. The highest BCUT2D eigenvalue weighted by Gasteiger charge is 2.40. The minimum atomic E-state index is -0.0658. The van der Waals surface area contributed by atoms with Gasteiger partial charge in [-0.15, -0.1) is 0 Å². The van der Waals surface area contributed by atoms with E-state index in [4.69, 9.17) is 4.74 Å². The molecule has 2 fully saturated rings. The maximum atomic E-state index is 11.9. The van der Waals surface area contributed by atoms with Crippen LogP contribution in [0.3, 0.4) is 0 Å². The number of urea groups is 1. The van der Waals surface area contributed by atoms with E-state index in [1.165, 1.54) is 5.75 Å². The van der Waals surface area contributed by atoms with E-state index in [-0.39, 0.29) is 17.7 Å². The van der Waals surface area contributed by atoms with Crippen LogP contribution in [0.1, 0.15) is 24.8 Å². The van der Waals surface area contributed by atoms with E-state index in [0.29, 0.717) is 6.54 Å². The number of thioether (sulfide) groups is 1. The molecule has 0 bridgehead atoms. The predicted octanol–water partition coefficient (Wildman–Crippen LogP) is 2.60. The lowest BCUT2D eigenvalue weighted by atomic mass is 9.90. The van der Waals surface area contributed by atoms with Gasteiger partial charge in [0.25, 0.3) is 0 Å². The molecule has 1 aromatic rings. The highest BCUT2D eigenvalue weighted by atomic mass is 32.2. The standard InChI is InChI=1S/C14H20N2O2S2/c17-13(15-8-11-2-5-19-9-11)16-12-1-4-18-14(7-12)3-6-20-10-14/h2,5,9,12H,1,3-4,6-8,10H2,(H2,15,16,17). The quantitative estimate of drug-likeness (QED) is 0.902. The largest absolute Gasteiger partial charge is 0.374 e. The molecule has 6 heteroatoms. The zero-order chi connectivity index (χ0) is 13.8. The summed E-state index contributed by atoms with van der Waals surface area (Å²) in [5.41, 5.74) is 1.18. The molecule has 2 aliphatic rings. The first kappa shape index (κ1) is 14.2. The second-order valence-electron chi connectivity index (χ2n) is 5.48. The molecule has 2 atom stereocenters. The molecule has 0 radical (unpaired) electrons. The van der Waals surface area contributed by atoms with Crippen molar-refractivity contribution in [3.05, 3.63) is 22.4 Å². The number of rotatable bonds is 3. The monoisotopic (exact) mass is 312 g/mol. The molecule has 2 unspecified atom stereocenters. The maximum Gasteiger partial charge on any atom is 0.315 e. The number of hydrogen-bond acceptors (Lipinski definition) is 4. The Kier molecular flexibility index (Phi) is 4.53. The van der Waals surface area contributed by atoms with Crippen LogP contribution in [0.15, 0.2) is 16.8 Å².